The first kappa shape index (κ1) is 9.71. The number of carbonyl (C=O) groups is 1. The highest BCUT2D eigenvalue weighted by atomic mass is 32.2. The molecule has 1 nitrogen and oxygen atoms in total. The second-order valence-corrected chi connectivity index (χ2v) is 4.54. The second kappa shape index (κ2) is 4.13. The molecule has 0 spiro atoms. The van der Waals surface area contributed by atoms with Crippen LogP contribution < -0.4 is 0 Å². The minimum Gasteiger partial charge on any atom is -0.298 e. The maximum atomic E-state index is 12.8. The summed E-state index contributed by atoms with van der Waals surface area (Å²) in [7, 11) is 0. The van der Waals surface area contributed by atoms with Gasteiger partial charge in [-0.2, -0.15) is 0 Å². The molecule has 0 aliphatic heterocycles. The lowest BCUT2D eigenvalue weighted by atomic mass is 10.3. The molecule has 0 radical (unpaired) electrons. The van der Waals surface area contributed by atoms with E-state index in [-0.39, 0.29) is 5.82 Å². The molecule has 3 heteroatoms. The van der Waals surface area contributed by atoms with Gasteiger partial charge in [0, 0.05) is 10.8 Å². The highest BCUT2D eigenvalue weighted by Crippen LogP contribution is 2.32. The minimum absolute atomic E-state index is 0.242. The SMILES string of the molecule is O=C(CSc1cccc(F)c1)C1CC1. The van der Waals surface area contributed by atoms with E-state index in [1.807, 2.05) is 6.07 Å². The van der Waals surface area contributed by atoms with Gasteiger partial charge in [0.05, 0.1) is 5.75 Å². The van der Waals surface area contributed by atoms with Crippen LogP contribution in [0.5, 0.6) is 0 Å². The number of ketones is 1. The summed E-state index contributed by atoms with van der Waals surface area (Å²) >= 11 is 1.42. The van der Waals surface area contributed by atoms with Gasteiger partial charge >= 0.3 is 0 Å². The Morgan fingerprint density at radius 1 is 1.50 bits per heavy atom. The predicted octanol–water partition coefficient (Wildman–Crippen LogP) is 2.90. The van der Waals surface area contributed by atoms with Crippen LogP contribution in [0.2, 0.25) is 0 Å². The molecule has 1 aliphatic rings. The molecular formula is C11H11FOS. The summed E-state index contributed by atoms with van der Waals surface area (Å²) in [5.41, 5.74) is 0. The van der Waals surface area contributed by atoms with Crippen LogP contribution in [0.3, 0.4) is 0 Å². The zero-order valence-electron chi connectivity index (χ0n) is 7.70. The molecule has 0 heterocycles. The van der Waals surface area contributed by atoms with Crippen molar-refractivity contribution in [1.82, 2.24) is 0 Å². The summed E-state index contributed by atoms with van der Waals surface area (Å²) in [6.45, 7) is 0. The van der Waals surface area contributed by atoms with E-state index in [1.54, 1.807) is 6.07 Å². The van der Waals surface area contributed by atoms with Crippen molar-refractivity contribution in [3.63, 3.8) is 0 Å². The van der Waals surface area contributed by atoms with Crippen molar-refractivity contribution in [2.45, 2.75) is 17.7 Å². The van der Waals surface area contributed by atoms with Crippen molar-refractivity contribution < 1.29 is 9.18 Å². The van der Waals surface area contributed by atoms with Crippen molar-refractivity contribution in [2.24, 2.45) is 5.92 Å². The summed E-state index contributed by atoms with van der Waals surface area (Å²) < 4.78 is 12.8. The van der Waals surface area contributed by atoms with Crippen molar-refractivity contribution in [3.05, 3.63) is 30.1 Å². The molecule has 0 saturated heterocycles. The third kappa shape index (κ3) is 2.58. The number of benzene rings is 1. The third-order valence-corrected chi connectivity index (χ3v) is 3.23. The lowest BCUT2D eigenvalue weighted by Crippen LogP contribution is -2.02. The Bertz CT molecular complexity index is 347. The number of halogens is 1. The second-order valence-electron chi connectivity index (χ2n) is 3.49. The molecular weight excluding hydrogens is 199 g/mol. The first-order chi connectivity index (χ1) is 6.75. The molecule has 1 aliphatic carbocycles. The van der Waals surface area contributed by atoms with Crippen molar-refractivity contribution >= 4 is 17.5 Å². The van der Waals surface area contributed by atoms with Gasteiger partial charge in [-0.1, -0.05) is 6.07 Å². The lowest BCUT2D eigenvalue weighted by Gasteiger charge is -1.99. The molecule has 0 amide bonds. The summed E-state index contributed by atoms with van der Waals surface area (Å²) in [6, 6.07) is 6.37. The van der Waals surface area contributed by atoms with Gasteiger partial charge in [-0.3, -0.25) is 4.79 Å². The Kier molecular flexibility index (Phi) is 2.87. The largest absolute Gasteiger partial charge is 0.298 e. The van der Waals surface area contributed by atoms with Gasteiger partial charge in [0.2, 0.25) is 0 Å². The van der Waals surface area contributed by atoms with E-state index in [0.717, 1.165) is 17.7 Å². The average molecular weight is 210 g/mol. The number of hydrogen-bond donors (Lipinski definition) is 0. The van der Waals surface area contributed by atoms with Crippen molar-refractivity contribution in [1.29, 1.82) is 0 Å². The number of carbonyl (C=O) groups excluding carboxylic acids is 1. The Morgan fingerprint density at radius 3 is 2.93 bits per heavy atom. The third-order valence-electron chi connectivity index (χ3n) is 2.21. The fourth-order valence-corrected chi connectivity index (χ4v) is 2.15. The Balaban J connectivity index is 1.87. The molecule has 1 aromatic rings. The molecule has 2 rings (SSSR count). The van der Waals surface area contributed by atoms with Gasteiger partial charge in [-0.05, 0) is 31.0 Å². The van der Waals surface area contributed by atoms with E-state index < -0.39 is 0 Å². The lowest BCUT2D eigenvalue weighted by molar-refractivity contribution is -0.117. The topological polar surface area (TPSA) is 17.1 Å². The molecule has 0 atom stereocenters. The van der Waals surface area contributed by atoms with Gasteiger partial charge < -0.3 is 0 Å². The van der Waals surface area contributed by atoms with Crippen LogP contribution in [0.1, 0.15) is 12.8 Å². The van der Waals surface area contributed by atoms with Gasteiger partial charge in [0.1, 0.15) is 11.6 Å². The molecule has 1 fully saturated rings. The Hall–Kier alpha value is -0.830. The first-order valence-corrected chi connectivity index (χ1v) is 5.65. The zero-order chi connectivity index (χ0) is 9.97. The minimum atomic E-state index is -0.242. The summed E-state index contributed by atoms with van der Waals surface area (Å²) in [6.07, 6.45) is 2.09. The quantitative estimate of drug-likeness (QED) is 0.711. The van der Waals surface area contributed by atoms with Crippen LogP contribution in [-0.4, -0.2) is 11.5 Å². The average Bonchev–Trinajstić information content (AvgIpc) is 2.97. The summed E-state index contributed by atoms with van der Waals surface area (Å²) in [5.74, 6) is 0.845. The van der Waals surface area contributed by atoms with Crippen LogP contribution in [0.25, 0.3) is 0 Å². The molecule has 1 aromatic carbocycles. The molecule has 0 N–H and O–H groups in total. The van der Waals surface area contributed by atoms with Gasteiger partial charge in [-0.25, -0.2) is 4.39 Å². The molecule has 1 saturated carbocycles. The number of thioether (sulfide) groups is 1. The standard InChI is InChI=1S/C11H11FOS/c12-9-2-1-3-10(6-9)14-7-11(13)8-4-5-8/h1-3,6,8H,4-5,7H2. The van der Waals surface area contributed by atoms with Crippen molar-refractivity contribution in [2.75, 3.05) is 5.75 Å². The number of rotatable bonds is 4. The molecule has 14 heavy (non-hydrogen) atoms. The van der Waals surface area contributed by atoms with Crippen LogP contribution >= 0.6 is 11.8 Å². The van der Waals surface area contributed by atoms with E-state index >= 15 is 0 Å². The number of hydrogen-bond acceptors (Lipinski definition) is 2. The number of Topliss-reactive ketones (excluding diaryl/α,β-unsaturated/α-hetero) is 1. The van der Waals surface area contributed by atoms with Gasteiger partial charge in [0.25, 0.3) is 0 Å². The van der Waals surface area contributed by atoms with E-state index in [0.29, 0.717) is 17.5 Å². The van der Waals surface area contributed by atoms with Crippen LogP contribution in [0.15, 0.2) is 29.2 Å². The Morgan fingerprint density at radius 2 is 2.29 bits per heavy atom. The smallest absolute Gasteiger partial charge is 0.146 e. The highest BCUT2D eigenvalue weighted by Gasteiger charge is 2.28. The normalized spacial score (nSPS) is 15.5. The highest BCUT2D eigenvalue weighted by molar-refractivity contribution is 8.00. The monoisotopic (exact) mass is 210 g/mol. The fraction of sp³-hybridized carbons (Fsp3) is 0.364. The molecule has 74 valence electrons. The van der Waals surface area contributed by atoms with Gasteiger partial charge in [0.15, 0.2) is 0 Å². The van der Waals surface area contributed by atoms with Crippen LogP contribution in [0, 0.1) is 11.7 Å². The summed E-state index contributed by atoms with van der Waals surface area (Å²) in [4.78, 5) is 12.2. The maximum absolute atomic E-state index is 12.8. The van der Waals surface area contributed by atoms with Gasteiger partial charge in [-0.15, -0.1) is 11.8 Å². The van der Waals surface area contributed by atoms with Crippen LogP contribution in [-0.2, 0) is 4.79 Å². The molecule has 0 unspecified atom stereocenters. The van der Waals surface area contributed by atoms with Crippen molar-refractivity contribution in [3.8, 4) is 0 Å². The first-order valence-electron chi connectivity index (χ1n) is 4.67. The predicted molar refractivity (Wildman–Crippen MR) is 54.9 cm³/mol. The van der Waals surface area contributed by atoms with E-state index in [9.17, 15) is 9.18 Å². The fourth-order valence-electron chi connectivity index (χ4n) is 1.23. The maximum Gasteiger partial charge on any atom is 0.146 e. The van der Waals surface area contributed by atoms with E-state index in [2.05, 4.69) is 0 Å². The molecule has 0 bridgehead atoms. The molecule has 0 aromatic heterocycles. The van der Waals surface area contributed by atoms with E-state index in [4.69, 9.17) is 0 Å². The van der Waals surface area contributed by atoms with Crippen LogP contribution in [0.4, 0.5) is 4.39 Å². The zero-order valence-corrected chi connectivity index (χ0v) is 8.52. The Labute approximate surface area is 86.7 Å². The summed E-state index contributed by atoms with van der Waals surface area (Å²) in [5, 5.41) is 0. The van der Waals surface area contributed by atoms with E-state index in [1.165, 1.54) is 23.9 Å².